The molecule has 2 aromatic heterocycles. The summed E-state index contributed by atoms with van der Waals surface area (Å²) in [6.07, 6.45) is 4.60. The highest BCUT2D eigenvalue weighted by Gasteiger charge is 2.18. The van der Waals surface area contributed by atoms with Gasteiger partial charge in [0, 0.05) is 19.3 Å². The number of pyridine rings is 1. The first kappa shape index (κ1) is 15.4. The quantitative estimate of drug-likeness (QED) is 0.786. The maximum Gasteiger partial charge on any atom is 0.319 e. The van der Waals surface area contributed by atoms with Crippen molar-refractivity contribution < 1.29 is 14.3 Å². The minimum Gasteiger partial charge on any atom is -0.467 e. The highest BCUT2D eigenvalue weighted by molar-refractivity contribution is 5.92. The number of amides is 2. The molecule has 1 atom stereocenters. The van der Waals surface area contributed by atoms with E-state index in [4.69, 9.17) is 4.42 Å². The molecule has 0 saturated carbocycles. The fourth-order valence-corrected chi connectivity index (χ4v) is 2.61. The summed E-state index contributed by atoms with van der Waals surface area (Å²) < 4.78 is 5.09. The fourth-order valence-electron chi connectivity index (χ4n) is 2.61. The van der Waals surface area contributed by atoms with Gasteiger partial charge in [0.15, 0.2) is 5.82 Å². The first-order chi connectivity index (χ1) is 11.2. The standard InChI is InChI=1S/C16H20N4O3/c21-13(14-6-4-10-23-14)11-18-16(22)19-12-5-3-7-17-15(12)20-8-1-2-9-20/h3-7,10,13,21H,1-2,8-9,11H2,(H2,18,19,22). The third-order valence-corrected chi connectivity index (χ3v) is 3.77. The number of hydrogen-bond acceptors (Lipinski definition) is 5. The first-order valence-electron chi connectivity index (χ1n) is 7.70. The second kappa shape index (κ2) is 7.15. The molecule has 2 amide bonds. The molecule has 1 saturated heterocycles. The van der Waals surface area contributed by atoms with Crippen molar-refractivity contribution in [1.29, 1.82) is 0 Å². The molecule has 1 aliphatic rings. The van der Waals surface area contributed by atoms with Crippen LogP contribution in [0.2, 0.25) is 0 Å². The van der Waals surface area contributed by atoms with Gasteiger partial charge in [-0.1, -0.05) is 0 Å². The van der Waals surface area contributed by atoms with Crippen LogP contribution in [0.1, 0.15) is 24.7 Å². The lowest BCUT2D eigenvalue weighted by Gasteiger charge is -2.20. The molecule has 1 aliphatic heterocycles. The summed E-state index contributed by atoms with van der Waals surface area (Å²) in [4.78, 5) is 18.6. The Morgan fingerprint density at radius 1 is 1.35 bits per heavy atom. The molecule has 3 N–H and O–H groups in total. The molecule has 122 valence electrons. The third-order valence-electron chi connectivity index (χ3n) is 3.77. The van der Waals surface area contributed by atoms with Gasteiger partial charge in [-0.25, -0.2) is 9.78 Å². The summed E-state index contributed by atoms with van der Waals surface area (Å²) in [7, 11) is 0. The number of anilines is 2. The van der Waals surface area contributed by atoms with Gasteiger partial charge in [0.1, 0.15) is 11.9 Å². The van der Waals surface area contributed by atoms with Crippen molar-refractivity contribution in [1.82, 2.24) is 10.3 Å². The Labute approximate surface area is 134 Å². The van der Waals surface area contributed by atoms with Gasteiger partial charge in [-0.3, -0.25) is 0 Å². The number of rotatable bonds is 5. The zero-order valence-electron chi connectivity index (χ0n) is 12.7. The molecule has 0 radical (unpaired) electrons. The monoisotopic (exact) mass is 316 g/mol. The van der Waals surface area contributed by atoms with Gasteiger partial charge in [-0.2, -0.15) is 0 Å². The van der Waals surface area contributed by atoms with E-state index in [1.807, 2.05) is 6.07 Å². The van der Waals surface area contributed by atoms with E-state index < -0.39 is 6.10 Å². The molecule has 1 fully saturated rings. The topological polar surface area (TPSA) is 90.6 Å². The zero-order valence-corrected chi connectivity index (χ0v) is 12.7. The number of urea groups is 1. The highest BCUT2D eigenvalue weighted by atomic mass is 16.4. The Morgan fingerprint density at radius 3 is 2.91 bits per heavy atom. The van der Waals surface area contributed by atoms with Crippen LogP contribution in [0.25, 0.3) is 0 Å². The molecule has 3 rings (SSSR count). The minimum absolute atomic E-state index is 0.0681. The van der Waals surface area contributed by atoms with Crippen molar-refractivity contribution >= 4 is 17.5 Å². The molecule has 1 unspecified atom stereocenters. The SMILES string of the molecule is O=C(NCC(O)c1ccco1)Nc1cccnc1N1CCCC1. The molecule has 7 nitrogen and oxygen atoms in total. The molecule has 3 heterocycles. The van der Waals surface area contributed by atoms with E-state index >= 15 is 0 Å². The van der Waals surface area contributed by atoms with Crippen LogP contribution in [0.5, 0.6) is 0 Å². The van der Waals surface area contributed by atoms with Gasteiger partial charge in [-0.05, 0) is 37.1 Å². The lowest BCUT2D eigenvalue weighted by atomic mass is 10.3. The lowest BCUT2D eigenvalue weighted by molar-refractivity contribution is 0.149. The molecule has 0 bridgehead atoms. The average Bonchev–Trinajstić information content (AvgIpc) is 3.26. The van der Waals surface area contributed by atoms with Crippen LogP contribution in [-0.2, 0) is 0 Å². The van der Waals surface area contributed by atoms with Gasteiger partial charge in [-0.15, -0.1) is 0 Å². The van der Waals surface area contributed by atoms with Gasteiger partial charge in [0.05, 0.1) is 18.5 Å². The Balaban J connectivity index is 1.57. The largest absolute Gasteiger partial charge is 0.467 e. The number of hydrogen-bond donors (Lipinski definition) is 3. The van der Waals surface area contributed by atoms with Crippen molar-refractivity contribution in [2.24, 2.45) is 0 Å². The predicted octanol–water partition coefficient (Wildman–Crippen LogP) is 2.13. The van der Waals surface area contributed by atoms with E-state index in [-0.39, 0.29) is 12.6 Å². The maximum atomic E-state index is 12.0. The van der Waals surface area contributed by atoms with Crippen LogP contribution in [0, 0.1) is 0 Å². The summed E-state index contributed by atoms with van der Waals surface area (Å²) in [5.74, 6) is 1.20. The summed E-state index contributed by atoms with van der Waals surface area (Å²) >= 11 is 0. The number of carbonyl (C=O) groups is 1. The first-order valence-corrected chi connectivity index (χ1v) is 7.70. The van der Waals surface area contributed by atoms with Gasteiger partial charge in [0.25, 0.3) is 0 Å². The number of aliphatic hydroxyl groups excluding tert-OH is 1. The highest BCUT2D eigenvalue weighted by Crippen LogP contribution is 2.25. The molecular weight excluding hydrogens is 296 g/mol. The van der Waals surface area contributed by atoms with Crippen molar-refractivity contribution in [3.8, 4) is 0 Å². The Hall–Kier alpha value is -2.54. The Bertz CT molecular complexity index is 639. The van der Waals surface area contributed by atoms with E-state index in [0.29, 0.717) is 11.4 Å². The Kier molecular flexibility index (Phi) is 4.77. The van der Waals surface area contributed by atoms with Crippen molar-refractivity contribution in [3.05, 3.63) is 42.5 Å². The third kappa shape index (κ3) is 3.81. The average molecular weight is 316 g/mol. The van der Waals surface area contributed by atoms with Crippen molar-refractivity contribution in [3.63, 3.8) is 0 Å². The lowest BCUT2D eigenvalue weighted by Crippen LogP contribution is -2.33. The number of nitrogens with zero attached hydrogens (tertiary/aromatic N) is 2. The number of aliphatic hydroxyl groups is 1. The van der Waals surface area contributed by atoms with Crippen LogP contribution in [0.3, 0.4) is 0 Å². The van der Waals surface area contributed by atoms with Crippen LogP contribution < -0.4 is 15.5 Å². The molecular formula is C16H20N4O3. The molecule has 0 aliphatic carbocycles. The number of furan rings is 1. The van der Waals surface area contributed by atoms with Gasteiger partial charge >= 0.3 is 6.03 Å². The van der Waals surface area contributed by atoms with Gasteiger partial charge < -0.3 is 25.1 Å². The number of nitrogens with one attached hydrogen (secondary N) is 2. The smallest absolute Gasteiger partial charge is 0.319 e. The van der Waals surface area contributed by atoms with E-state index in [1.54, 1.807) is 24.4 Å². The number of aromatic nitrogens is 1. The van der Waals surface area contributed by atoms with Crippen molar-refractivity contribution in [2.75, 3.05) is 29.9 Å². The molecule has 7 heteroatoms. The van der Waals surface area contributed by atoms with Crippen LogP contribution in [0.4, 0.5) is 16.3 Å². The summed E-state index contributed by atoms with van der Waals surface area (Å²) in [6, 6.07) is 6.58. The van der Waals surface area contributed by atoms with E-state index in [0.717, 1.165) is 31.7 Å². The van der Waals surface area contributed by atoms with Crippen molar-refractivity contribution in [2.45, 2.75) is 18.9 Å². The van der Waals surface area contributed by atoms with E-state index in [1.165, 1.54) is 6.26 Å². The summed E-state index contributed by atoms with van der Waals surface area (Å²) in [5.41, 5.74) is 0.666. The normalized spacial score (nSPS) is 15.4. The fraction of sp³-hybridized carbons (Fsp3) is 0.375. The van der Waals surface area contributed by atoms with Crippen LogP contribution >= 0.6 is 0 Å². The molecule has 0 spiro atoms. The van der Waals surface area contributed by atoms with Crippen LogP contribution in [-0.4, -0.2) is 35.8 Å². The maximum absolute atomic E-state index is 12.0. The molecule has 23 heavy (non-hydrogen) atoms. The van der Waals surface area contributed by atoms with Crippen LogP contribution in [0.15, 0.2) is 41.1 Å². The van der Waals surface area contributed by atoms with Gasteiger partial charge in [0.2, 0.25) is 0 Å². The Morgan fingerprint density at radius 2 is 2.17 bits per heavy atom. The molecule has 0 aromatic carbocycles. The minimum atomic E-state index is -0.872. The second-order valence-corrected chi connectivity index (χ2v) is 5.43. The predicted molar refractivity (Wildman–Crippen MR) is 86.4 cm³/mol. The van der Waals surface area contributed by atoms with E-state index in [9.17, 15) is 9.90 Å². The van der Waals surface area contributed by atoms with E-state index in [2.05, 4.69) is 20.5 Å². The zero-order chi connectivity index (χ0) is 16.1. The number of carbonyl (C=O) groups excluding carboxylic acids is 1. The molecule has 2 aromatic rings. The summed E-state index contributed by atoms with van der Waals surface area (Å²) in [6.45, 7) is 1.97. The summed E-state index contributed by atoms with van der Waals surface area (Å²) in [5, 5.41) is 15.3. The second-order valence-electron chi connectivity index (χ2n) is 5.43.